The molecule has 0 radical (unpaired) electrons. The topological polar surface area (TPSA) is 33.0 Å². The van der Waals surface area contributed by atoms with Crippen LogP contribution in [0.25, 0.3) is 11.1 Å². The Kier molecular flexibility index (Phi) is 4.18. The number of hydrogen-bond acceptors (Lipinski definition) is 2. The van der Waals surface area contributed by atoms with Gasteiger partial charge in [0.15, 0.2) is 0 Å². The molecule has 2 aromatic rings. The van der Waals surface area contributed by atoms with Gasteiger partial charge in [0.05, 0.1) is 11.6 Å². The zero-order valence-corrected chi connectivity index (χ0v) is 11.2. The molecule has 0 spiro atoms. The average molecular weight is 291 g/mol. The molecule has 0 aliphatic rings. The van der Waals surface area contributed by atoms with Gasteiger partial charge in [-0.15, -0.1) is 13.2 Å². The molecular weight excluding hydrogens is 279 g/mol. The fourth-order valence-electron chi connectivity index (χ4n) is 1.96. The zero-order valence-electron chi connectivity index (χ0n) is 11.2. The largest absolute Gasteiger partial charge is 0.573 e. The summed E-state index contributed by atoms with van der Waals surface area (Å²) in [4.78, 5) is 0. The fourth-order valence-corrected chi connectivity index (χ4v) is 1.96. The highest BCUT2D eigenvalue weighted by atomic mass is 19.4. The lowest BCUT2D eigenvalue weighted by atomic mass is 10.0. The maximum Gasteiger partial charge on any atom is 0.573 e. The molecule has 2 nitrogen and oxygen atoms in total. The normalized spacial score (nSPS) is 11.0. The van der Waals surface area contributed by atoms with Crippen LogP contribution in [0, 0.1) is 11.3 Å². The predicted molar refractivity (Wildman–Crippen MR) is 72.7 cm³/mol. The van der Waals surface area contributed by atoms with Crippen LogP contribution in [-0.4, -0.2) is 6.36 Å². The number of halogens is 3. The molecule has 5 heteroatoms. The number of benzene rings is 2. The predicted octanol–water partition coefficient (Wildman–Crippen LogP) is 4.69. The highest BCUT2D eigenvalue weighted by molar-refractivity contribution is 5.67. The average Bonchev–Trinajstić information content (AvgIpc) is 2.45. The Balaban J connectivity index is 2.42. The van der Waals surface area contributed by atoms with E-state index in [2.05, 4.69) is 4.74 Å². The third-order valence-corrected chi connectivity index (χ3v) is 2.96. The maximum atomic E-state index is 12.3. The third-order valence-electron chi connectivity index (χ3n) is 2.96. The van der Waals surface area contributed by atoms with Gasteiger partial charge in [-0.2, -0.15) is 5.26 Å². The van der Waals surface area contributed by atoms with Gasteiger partial charge in [0, 0.05) is 0 Å². The van der Waals surface area contributed by atoms with E-state index in [0.29, 0.717) is 5.56 Å². The molecule has 0 fully saturated rings. The van der Waals surface area contributed by atoms with Gasteiger partial charge >= 0.3 is 6.36 Å². The Hall–Kier alpha value is -2.48. The molecule has 2 aromatic carbocycles. The minimum atomic E-state index is -4.78. The van der Waals surface area contributed by atoms with Crippen molar-refractivity contribution in [2.24, 2.45) is 0 Å². The third kappa shape index (κ3) is 3.99. The smallest absolute Gasteiger partial charge is 0.406 e. The summed E-state index contributed by atoms with van der Waals surface area (Å²) in [6, 6.07) is 13.1. The zero-order chi connectivity index (χ0) is 15.5. The van der Waals surface area contributed by atoms with Crippen LogP contribution in [-0.2, 0) is 6.42 Å². The molecule has 0 N–H and O–H groups in total. The number of ether oxygens (including phenoxy) is 1. The molecule has 0 saturated carbocycles. The quantitative estimate of drug-likeness (QED) is 0.822. The first-order valence-corrected chi connectivity index (χ1v) is 6.31. The summed E-state index contributed by atoms with van der Waals surface area (Å²) in [6.07, 6.45) is -3.90. The lowest BCUT2D eigenvalue weighted by Gasteiger charge is -2.11. The molecule has 0 unspecified atom stereocenters. The fraction of sp³-hybridized carbons (Fsp3) is 0.188. The minimum Gasteiger partial charge on any atom is -0.406 e. The highest BCUT2D eigenvalue weighted by Crippen LogP contribution is 2.29. The van der Waals surface area contributed by atoms with Gasteiger partial charge in [-0.1, -0.05) is 31.2 Å². The number of rotatable bonds is 3. The second kappa shape index (κ2) is 5.88. The Morgan fingerprint density at radius 3 is 2.24 bits per heavy atom. The Morgan fingerprint density at radius 1 is 1.05 bits per heavy atom. The van der Waals surface area contributed by atoms with Crippen LogP contribution in [0.15, 0.2) is 42.5 Å². The van der Waals surface area contributed by atoms with Crippen molar-refractivity contribution in [3.8, 4) is 22.9 Å². The lowest BCUT2D eigenvalue weighted by molar-refractivity contribution is -0.274. The van der Waals surface area contributed by atoms with E-state index in [1.807, 2.05) is 37.3 Å². The van der Waals surface area contributed by atoms with Crippen molar-refractivity contribution in [3.63, 3.8) is 0 Å². The first kappa shape index (κ1) is 14.9. The minimum absolute atomic E-state index is 0.117. The van der Waals surface area contributed by atoms with Crippen LogP contribution in [0.1, 0.15) is 18.1 Å². The summed E-state index contributed by atoms with van der Waals surface area (Å²) in [6.45, 7) is 2.01. The molecule has 2 rings (SSSR count). The highest BCUT2D eigenvalue weighted by Gasteiger charge is 2.31. The first-order valence-electron chi connectivity index (χ1n) is 6.31. The van der Waals surface area contributed by atoms with Gasteiger partial charge in [-0.3, -0.25) is 0 Å². The van der Waals surface area contributed by atoms with Crippen molar-refractivity contribution in [1.29, 1.82) is 5.26 Å². The lowest BCUT2D eigenvalue weighted by Crippen LogP contribution is -2.17. The van der Waals surface area contributed by atoms with Crippen LogP contribution < -0.4 is 4.74 Å². The monoisotopic (exact) mass is 291 g/mol. The van der Waals surface area contributed by atoms with Crippen LogP contribution in [0.5, 0.6) is 5.75 Å². The van der Waals surface area contributed by atoms with Gasteiger partial charge in [-0.05, 0) is 41.3 Å². The molecule has 0 amide bonds. The van der Waals surface area contributed by atoms with Crippen molar-refractivity contribution < 1.29 is 17.9 Å². The van der Waals surface area contributed by atoms with Crippen molar-refractivity contribution in [3.05, 3.63) is 53.6 Å². The van der Waals surface area contributed by atoms with E-state index in [1.54, 1.807) is 0 Å². The molecule has 0 saturated heterocycles. The van der Waals surface area contributed by atoms with E-state index in [9.17, 15) is 13.2 Å². The van der Waals surface area contributed by atoms with Crippen molar-refractivity contribution in [2.75, 3.05) is 0 Å². The van der Waals surface area contributed by atoms with E-state index in [-0.39, 0.29) is 5.56 Å². The van der Waals surface area contributed by atoms with E-state index in [0.717, 1.165) is 23.6 Å². The van der Waals surface area contributed by atoms with E-state index < -0.39 is 12.1 Å². The number of aryl methyl sites for hydroxylation is 1. The van der Waals surface area contributed by atoms with Gasteiger partial charge < -0.3 is 4.74 Å². The van der Waals surface area contributed by atoms with Gasteiger partial charge in [0.25, 0.3) is 0 Å². The summed E-state index contributed by atoms with van der Waals surface area (Å²) in [5.74, 6) is -0.392. The molecule has 0 heterocycles. The van der Waals surface area contributed by atoms with Gasteiger partial charge in [-0.25, -0.2) is 0 Å². The van der Waals surface area contributed by atoms with E-state index in [1.165, 1.54) is 12.1 Å². The number of alkyl halides is 3. The summed E-state index contributed by atoms with van der Waals surface area (Å²) in [7, 11) is 0. The summed E-state index contributed by atoms with van der Waals surface area (Å²) in [5, 5.41) is 8.93. The second-order valence-corrected chi connectivity index (χ2v) is 4.46. The Bertz CT molecular complexity index is 669. The first-order chi connectivity index (χ1) is 9.91. The van der Waals surface area contributed by atoms with Crippen LogP contribution in [0.2, 0.25) is 0 Å². The van der Waals surface area contributed by atoms with Crippen molar-refractivity contribution in [1.82, 2.24) is 0 Å². The Morgan fingerprint density at radius 2 is 1.71 bits per heavy atom. The summed E-state index contributed by atoms with van der Waals surface area (Å²) in [5.41, 5.74) is 2.49. The molecule has 0 aromatic heterocycles. The number of nitrogens with zero attached hydrogens (tertiary/aromatic N) is 1. The maximum absolute atomic E-state index is 12.3. The number of hydrogen-bond donors (Lipinski definition) is 0. The SMILES string of the molecule is CCc1ccc(-c2cc(C#N)cc(OC(F)(F)F)c2)cc1. The van der Waals surface area contributed by atoms with E-state index >= 15 is 0 Å². The van der Waals surface area contributed by atoms with Crippen LogP contribution >= 0.6 is 0 Å². The molecule has 0 bridgehead atoms. The van der Waals surface area contributed by atoms with Gasteiger partial charge in [0.2, 0.25) is 0 Å². The van der Waals surface area contributed by atoms with Crippen LogP contribution in [0.4, 0.5) is 13.2 Å². The Labute approximate surface area is 120 Å². The van der Waals surface area contributed by atoms with Crippen LogP contribution in [0.3, 0.4) is 0 Å². The molecule has 0 atom stereocenters. The molecule has 0 aliphatic carbocycles. The van der Waals surface area contributed by atoms with Gasteiger partial charge in [0.1, 0.15) is 5.75 Å². The molecule has 21 heavy (non-hydrogen) atoms. The van der Waals surface area contributed by atoms with Crippen molar-refractivity contribution in [2.45, 2.75) is 19.7 Å². The molecule has 0 aliphatic heterocycles. The number of nitriles is 1. The van der Waals surface area contributed by atoms with Crippen molar-refractivity contribution >= 4 is 0 Å². The molecule has 108 valence electrons. The standard InChI is InChI=1S/C16H12F3NO/c1-2-11-3-5-13(6-4-11)14-7-12(10-20)8-15(9-14)21-16(17,18)19/h3-9H,2H2,1H3. The van der Waals surface area contributed by atoms with E-state index in [4.69, 9.17) is 5.26 Å². The molecular formula is C16H12F3NO. The summed E-state index contributed by atoms with van der Waals surface area (Å²) < 4.78 is 40.8. The summed E-state index contributed by atoms with van der Waals surface area (Å²) >= 11 is 0. The second-order valence-electron chi connectivity index (χ2n) is 4.46.